The minimum atomic E-state index is -0.326. The quantitative estimate of drug-likeness (QED) is 0.760. The Kier molecular flexibility index (Phi) is 5.72. The second-order valence-corrected chi connectivity index (χ2v) is 5.81. The Balaban J connectivity index is 2.36. The van der Waals surface area contributed by atoms with Gasteiger partial charge in [0.15, 0.2) is 5.16 Å². The molecule has 1 aromatic heterocycles. The normalized spacial score (nSPS) is 12.6. The molecule has 7 heteroatoms. The predicted molar refractivity (Wildman–Crippen MR) is 81.0 cm³/mol. The van der Waals surface area contributed by atoms with Gasteiger partial charge in [0.05, 0.1) is 5.69 Å². The van der Waals surface area contributed by atoms with Gasteiger partial charge in [-0.05, 0) is 24.6 Å². The summed E-state index contributed by atoms with van der Waals surface area (Å²) in [5, 5.41) is 18.0. The molecule has 2 aromatic rings. The average Bonchev–Trinajstić information content (AvgIpc) is 2.88. The predicted octanol–water partition coefficient (Wildman–Crippen LogP) is 1.63. The van der Waals surface area contributed by atoms with E-state index in [0.717, 1.165) is 0 Å². The standard InChI is InChI=1S/C14H19FN4OS/c1-10(8-20)9-21-14-18-17-13(6-7-16)19(14)12-5-3-2-4-11(12)15/h2-5,10,20H,6-9,16H2,1H3/t10-/m0/s1. The van der Waals surface area contributed by atoms with Crippen LogP contribution in [0, 0.1) is 11.7 Å². The first-order valence-corrected chi connectivity index (χ1v) is 7.78. The molecule has 0 unspecified atom stereocenters. The van der Waals surface area contributed by atoms with Gasteiger partial charge in [-0.3, -0.25) is 4.57 Å². The lowest BCUT2D eigenvalue weighted by Crippen LogP contribution is -2.11. The van der Waals surface area contributed by atoms with Crippen LogP contribution in [0.15, 0.2) is 29.4 Å². The van der Waals surface area contributed by atoms with E-state index in [0.29, 0.717) is 35.4 Å². The maximum atomic E-state index is 14.1. The van der Waals surface area contributed by atoms with Gasteiger partial charge in [-0.1, -0.05) is 30.8 Å². The number of benzene rings is 1. The van der Waals surface area contributed by atoms with Gasteiger partial charge in [-0.15, -0.1) is 10.2 Å². The van der Waals surface area contributed by atoms with Crippen LogP contribution in [-0.2, 0) is 6.42 Å². The molecule has 5 nitrogen and oxygen atoms in total. The van der Waals surface area contributed by atoms with Gasteiger partial charge >= 0.3 is 0 Å². The maximum Gasteiger partial charge on any atom is 0.195 e. The highest BCUT2D eigenvalue weighted by atomic mass is 32.2. The first kappa shape index (κ1) is 15.9. The fourth-order valence-electron chi connectivity index (χ4n) is 1.83. The van der Waals surface area contributed by atoms with Crippen molar-refractivity contribution < 1.29 is 9.50 Å². The molecule has 2 rings (SSSR count). The molecular formula is C14H19FN4OS. The molecule has 0 amide bonds. The van der Waals surface area contributed by atoms with Crippen LogP contribution < -0.4 is 5.73 Å². The van der Waals surface area contributed by atoms with Crippen LogP contribution in [0.2, 0.25) is 0 Å². The number of hydrogen-bond donors (Lipinski definition) is 2. The zero-order valence-corrected chi connectivity index (χ0v) is 12.7. The summed E-state index contributed by atoms with van der Waals surface area (Å²) in [4.78, 5) is 0. The molecular weight excluding hydrogens is 291 g/mol. The Labute approximate surface area is 127 Å². The van der Waals surface area contributed by atoms with Crippen molar-refractivity contribution in [3.63, 3.8) is 0 Å². The van der Waals surface area contributed by atoms with Crippen LogP contribution in [-0.4, -0.2) is 38.8 Å². The molecule has 0 radical (unpaired) electrons. The Morgan fingerprint density at radius 2 is 2.14 bits per heavy atom. The fraction of sp³-hybridized carbons (Fsp3) is 0.429. The highest BCUT2D eigenvalue weighted by Crippen LogP contribution is 2.25. The van der Waals surface area contributed by atoms with E-state index in [9.17, 15) is 4.39 Å². The minimum absolute atomic E-state index is 0.108. The summed E-state index contributed by atoms with van der Waals surface area (Å²) in [5.41, 5.74) is 6.01. The van der Waals surface area contributed by atoms with Crippen molar-refractivity contribution >= 4 is 11.8 Å². The van der Waals surface area contributed by atoms with Crippen molar-refractivity contribution in [3.8, 4) is 5.69 Å². The van der Waals surface area contributed by atoms with Gasteiger partial charge in [-0.25, -0.2) is 4.39 Å². The van der Waals surface area contributed by atoms with Gasteiger partial charge in [0.25, 0.3) is 0 Å². The second-order valence-electron chi connectivity index (χ2n) is 4.82. The van der Waals surface area contributed by atoms with E-state index in [1.807, 2.05) is 6.92 Å². The lowest BCUT2D eigenvalue weighted by molar-refractivity contribution is 0.250. The zero-order valence-electron chi connectivity index (χ0n) is 11.9. The summed E-state index contributed by atoms with van der Waals surface area (Å²) in [6.45, 7) is 2.47. The zero-order chi connectivity index (χ0) is 15.2. The summed E-state index contributed by atoms with van der Waals surface area (Å²) in [6.07, 6.45) is 0.525. The van der Waals surface area contributed by atoms with Crippen molar-refractivity contribution in [2.24, 2.45) is 11.7 Å². The second kappa shape index (κ2) is 7.53. The number of rotatable bonds is 7. The smallest absolute Gasteiger partial charge is 0.195 e. The number of aromatic nitrogens is 3. The van der Waals surface area contributed by atoms with Gasteiger partial charge in [0.1, 0.15) is 11.6 Å². The number of aliphatic hydroxyl groups excluding tert-OH is 1. The van der Waals surface area contributed by atoms with Gasteiger partial charge in [0.2, 0.25) is 0 Å². The highest BCUT2D eigenvalue weighted by Gasteiger charge is 2.17. The Morgan fingerprint density at radius 3 is 2.81 bits per heavy atom. The average molecular weight is 310 g/mol. The molecule has 0 aliphatic carbocycles. The Hall–Kier alpha value is -1.44. The number of nitrogens with two attached hydrogens (primary N) is 1. The molecule has 0 fully saturated rings. The van der Waals surface area contributed by atoms with Gasteiger partial charge in [-0.2, -0.15) is 0 Å². The topological polar surface area (TPSA) is 77.0 Å². The largest absolute Gasteiger partial charge is 0.396 e. The van der Waals surface area contributed by atoms with Gasteiger partial charge < -0.3 is 10.8 Å². The monoisotopic (exact) mass is 310 g/mol. The van der Waals surface area contributed by atoms with E-state index in [1.54, 1.807) is 22.8 Å². The number of aliphatic hydroxyl groups is 1. The molecule has 1 heterocycles. The van der Waals surface area contributed by atoms with Crippen molar-refractivity contribution in [2.45, 2.75) is 18.5 Å². The van der Waals surface area contributed by atoms with Crippen LogP contribution in [0.5, 0.6) is 0 Å². The van der Waals surface area contributed by atoms with Crippen LogP contribution in [0.25, 0.3) is 5.69 Å². The minimum Gasteiger partial charge on any atom is -0.396 e. The lowest BCUT2D eigenvalue weighted by atomic mass is 10.2. The van der Waals surface area contributed by atoms with Crippen LogP contribution >= 0.6 is 11.8 Å². The van der Waals surface area contributed by atoms with Crippen molar-refractivity contribution in [3.05, 3.63) is 35.9 Å². The molecule has 1 aromatic carbocycles. The first-order valence-electron chi connectivity index (χ1n) is 6.80. The molecule has 1 atom stereocenters. The van der Waals surface area contributed by atoms with Gasteiger partial charge in [0, 0.05) is 18.8 Å². The SMILES string of the molecule is C[C@@H](CO)CSc1nnc(CCN)n1-c1ccccc1F. The van der Waals surface area contributed by atoms with Crippen molar-refractivity contribution in [1.82, 2.24) is 14.8 Å². The number of nitrogens with zero attached hydrogens (tertiary/aromatic N) is 3. The van der Waals surface area contributed by atoms with E-state index < -0.39 is 0 Å². The number of para-hydroxylation sites is 1. The molecule has 0 aliphatic heterocycles. The highest BCUT2D eigenvalue weighted by molar-refractivity contribution is 7.99. The molecule has 3 N–H and O–H groups in total. The third-order valence-electron chi connectivity index (χ3n) is 2.97. The number of thioether (sulfide) groups is 1. The Bertz CT molecular complexity index is 590. The summed E-state index contributed by atoms with van der Waals surface area (Å²) in [5.74, 6) is 1.14. The van der Waals surface area contributed by atoms with E-state index in [2.05, 4.69) is 10.2 Å². The molecule has 114 valence electrons. The number of halogens is 1. The van der Waals surface area contributed by atoms with Crippen LogP contribution in [0.1, 0.15) is 12.7 Å². The molecule has 0 saturated heterocycles. The van der Waals surface area contributed by atoms with Crippen LogP contribution in [0.4, 0.5) is 4.39 Å². The Morgan fingerprint density at radius 1 is 1.38 bits per heavy atom. The third-order valence-corrected chi connectivity index (χ3v) is 4.23. The van der Waals surface area contributed by atoms with E-state index in [1.165, 1.54) is 17.8 Å². The molecule has 21 heavy (non-hydrogen) atoms. The molecule has 0 aliphatic rings. The summed E-state index contributed by atoms with van der Waals surface area (Å²) < 4.78 is 15.8. The van der Waals surface area contributed by atoms with E-state index in [-0.39, 0.29) is 18.3 Å². The summed E-state index contributed by atoms with van der Waals surface area (Å²) >= 11 is 1.45. The van der Waals surface area contributed by atoms with E-state index >= 15 is 0 Å². The molecule has 0 saturated carbocycles. The maximum absolute atomic E-state index is 14.1. The van der Waals surface area contributed by atoms with Crippen molar-refractivity contribution in [2.75, 3.05) is 18.9 Å². The third kappa shape index (κ3) is 3.81. The fourth-order valence-corrected chi connectivity index (χ4v) is 2.80. The first-order chi connectivity index (χ1) is 10.2. The number of hydrogen-bond acceptors (Lipinski definition) is 5. The summed E-state index contributed by atoms with van der Waals surface area (Å²) in [6, 6.07) is 6.52. The molecule has 0 bridgehead atoms. The van der Waals surface area contributed by atoms with E-state index in [4.69, 9.17) is 10.8 Å². The van der Waals surface area contributed by atoms with Crippen LogP contribution in [0.3, 0.4) is 0 Å². The summed E-state index contributed by atoms with van der Waals surface area (Å²) in [7, 11) is 0. The van der Waals surface area contributed by atoms with Crippen molar-refractivity contribution in [1.29, 1.82) is 0 Å². The lowest BCUT2D eigenvalue weighted by Gasteiger charge is -2.12. The molecule has 0 spiro atoms.